The van der Waals surface area contributed by atoms with E-state index >= 15 is 0 Å². The number of nitrogens with one attached hydrogen (secondary N) is 1. The van der Waals surface area contributed by atoms with E-state index in [-0.39, 0.29) is 6.04 Å². The minimum atomic E-state index is 0.0121. The standard InChI is InChI=1S/C15H16BrIN2O/c1-20-15-9-11(16)4-7-13(15)14(19-18)8-10-2-5-12(17)6-3-10/h2-7,9,14,19H,8,18H2,1H3. The van der Waals surface area contributed by atoms with Gasteiger partial charge in [-0.05, 0) is 58.8 Å². The number of ether oxygens (including phenoxy) is 1. The summed E-state index contributed by atoms with van der Waals surface area (Å²) in [6, 6.07) is 14.4. The van der Waals surface area contributed by atoms with Crippen LogP contribution in [-0.4, -0.2) is 7.11 Å². The second-order valence-corrected chi connectivity index (χ2v) is 6.60. The van der Waals surface area contributed by atoms with Crippen LogP contribution in [0.1, 0.15) is 17.2 Å². The zero-order valence-electron chi connectivity index (χ0n) is 11.1. The van der Waals surface area contributed by atoms with Crippen molar-refractivity contribution >= 4 is 38.5 Å². The van der Waals surface area contributed by atoms with Gasteiger partial charge in [-0.1, -0.05) is 34.1 Å². The van der Waals surface area contributed by atoms with E-state index in [0.29, 0.717) is 0 Å². The molecule has 0 aromatic heterocycles. The number of nitrogens with two attached hydrogens (primary N) is 1. The molecule has 0 saturated carbocycles. The van der Waals surface area contributed by atoms with Crippen LogP contribution in [0.3, 0.4) is 0 Å². The van der Waals surface area contributed by atoms with Crippen LogP contribution in [0.25, 0.3) is 0 Å². The summed E-state index contributed by atoms with van der Waals surface area (Å²) >= 11 is 5.75. The molecule has 0 saturated heterocycles. The predicted octanol–water partition coefficient (Wildman–Crippen LogP) is 3.81. The van der Waals surface area contributed by atoms with E-state index in [4.69, 9.17) is 10.6 Å². The zero-order chi connectivity index (χ0) is 14.5. The lowest BCUT2D eigenvalue weighted by Crippen LogP contribution is -2.29. The molecule has 0 aliphatic carbocycles. The Bertz CT molecular complexity index is 575. The van der Waals surface area contributed by atoms with Gasteiger partial charge in [0.25, 0.3) is 0 Å². The van der Waals surface area contributed by atoms with E-state index in [9.17, 15) is 0 Å². The SMILES string of the molecule is COc1cc(Br)ccc1C(Cc1ccc(I)cc1)NN. The molecule has 0 heterocycles. The Morgan fingerprint density at radius 2 is 1.95 bits per heavy atom. The summed E-state index contributed by atoms with van der Waals surface area (Å²) in [6.07, 6.45) is 0.811. The highest BCUT2D eigenvalue weighted by Crippen LogP contribution is 2.30. The number of benzene rings is 2. The van der Waals surface area contributed by atoms with Crippen molar-refractivity contribution in [2.45, 2.75) is 12.5 Å². The first-order valence-corrected chi connectivity index (χ1v) is 8.05. The van der Waals surface area contributed by atoms with E-state index in [1.165, 1.54) is 9.13 Å². The minimum absolute atomic E-state index is 0.0121. The van der Waals surface area contributed by atoms with Crippen LogP contribution in [-0.2, 0) is 6.42 Å². The summed E-state index contributed by atoms with van der Waals surface area (Å²) in [4.78, 5) is 0. The summed E-state index contributed by atoms with van der Waals surface area (Å²) in [7, 11) is 1.67. The van der Waals surface area contributed by atoms with E-state index in [1.54, 1.807) is 7.11 Å². The minimum Gasteiger partial charge on any atom is -0.496 e. The van der Waals surface area contributed by atoms with Crippen molar-refractivity contribution in [3.63, 3.8) is 0 Å². The molecule has 0 bridgehead atoms. The molecule has 5 heteroatoms. The molecule has 2 rings (SSSR count). The van der Waals surface area contributed by atoms with E-state index in [1.807, 2.05) is 18.2 Å². The van der Waals surface area contributed by atoms with Crippen molar-refractivity contribution in [2.75, 3.05) is 7.11 Å². The van der Waals surface area contributed by atoms with Crippen molar-refractivity contribution in [1.82, 2.24) is 5.43 Å². The van der Waals surface area contributed by atoms with Crippen molar-refractivity contribution in [2.24, 2.45) is 5.84 Å². The molecule has 0 amide bonds. The van der Waals surface area contributed by atoms with Gasteiger partial charge in [-0.3, -0.25) is 11.3 Å². The maximum absolute atomic E-state index is 5.73. The fraction of sp³-hybridized carbons (Fsp3) is 0.200. The molecule has 3 nitrogen and oxygen atoms in total. The lowest BCUT2D eigenvalue weighted by Gasteiger charge is -2.19. The lowest BCUT2D eigenvalue weighted by atomic mass is 9.98. The number of methoxy groups -OCH3 is 1. The monoisotopic (exact) mass is 446 g/mol. The summed E-state index contributed by atoms with van der Waals surface area (Å²) in [5, 5.41) is 0. The molecule has 1 unspecified atom stereocenters. The van der Waals surface area contributed by atoms with Gasteiger partial charge in [0, 0.05) is 13.6 Å². The third kappa shape index (κ3) is 3.94. The smallest absolute Gasteiger partial charge is 0.124 e. The van der Waals surface area contributed by atoms with Crippen LogP contribution in [0.2, 0.25) is 0 Å². The van der Waals surface area contributed by atoms with Gasteiger partial charge < -0.3 is 4.74 Å². The van der Waals surface area contributed by atoms with Gasteiger partial charge in [0.15, 0.2) is 0 Å². The van der Waals surface area contributed by atoms with E-state index < -0.39 is 0 Å². The summed E-state index contributed by atoms with van der Waals surface area (Å²) < 4.78 is 7.65. The molecule has 2 aromatic rings. The van der Waals surface area contributed by atoms with Gasteiger partial charge in [-0.25, -0.2) is 0 Å². The Hall–Kier alpha value is -0.630. The van der Waals surface area contributed by atoms with Gasteiger partial charge in [0.05, 0.1) is 13.2 Å². The Morgan fingerprint density at radius 1 is 1.25 bits per heavy atom. The summed E-state index contributed by atoms with van der Waals surface area (Å²) in [5.74, 6) is 6.55. The average Bonchev–Trinajstić information content (AvgIpc) is 2.47. The number of hydrogen-bond acceptors (Lipinski definition) is 3. The predicted molar refractivity (Wildman–Crippen MR) is 93.6 cm³/mol. The highest BCUT2D eigenvalue weighted by Gasteiger charge is 2.15. The highest BCUT2D eigenvalue weighted by molar-refractivity contribution is 14.1. The van der Waals surface area contributed by atoms with Crippen LogP contribution in [0.4, 0.5) is 0 Å². The molecule has 0 aliphatic heterocycles. The van der Waals surface area contributed by atoms with Crippen LogP contribution in [0.5, 0.6) is 5.75 Å². The van der Waals surface area contributed by atoms with Gasteiger partial charge in [-0.2, -0.15) is 0 Å². The number of hydrogen-bond donors (Lipinski definition) is 2. The fourth-order valence-corrected chi connectivity index (χ4v) is 2.79. The third-order valence-corrected chi connectivity index (χ3v) is 4.34. The summed E-state index contributed by atoms with van der Waals surface area (Å²) in [5.41, 5.74) is 5.17. The van der Waals surface area contributed by atoms with Crippen molar-refractivity contribution in [1.29, 1.82) is 0 Å². The molecule has 106 valence electrons. The van der Waals surface area contributed by atoms with Gasteiger partial charge in [-0.15, -0.1) is 0 Å². The first-order valence-electron chi connectivity index (χ1n) is 6.18. The van der Waals surface area contributed by atoms with E-state index in [0.717, 1.165) is 22.2 Å². The first-order chi connectivity index (χ1) is 9.63. The average molecular weight is 447 g/mol. The third-order valence-electron chi connectivity index (χ3n) is 3.13. The molecule has 1 atom stereocenters. The van der Waals surface area contributed by atoms with E-state index in [2.05, 4.69) is 68.2 Å². The second-order valence-electron chi connectivity index (χ2n) is 4.44. The Labute approximate surface area is 141 Å². The van der Waals surface area contributed by atoms with Crippen LogP contribution in [0, 0.1) is 3.57 Å². The Balaban J connectivity index is 2.26. The molecule has 20 heavy (non-hydrogen) atoms. The van der Waals surface area contributed by atoms with Crippen LogP contribution < -0.4 is 16.0 Å². The second kappa shape index (κ2) is 7.40. The molecular formula is C15H16BrIN2O. The Kier molecular flexibility index (Phi) is 5.83. The fourth-order valence-electron chi connectivity index (χ4n) is 2.09. The molecule has 2 aromatic carbocycles. The van der Waals surface area contributed by atoms with Crippen LogP contribution >= 0.6 is 38.5 Å². The largest absolute Gasteiger partial charge is 0.496 e. The number of halogens is 2. The van der Waals surface area contributed by atoms with Crippen molar-refractivity contribution in [3.05, 3.63) is 61.6 Å². The topological polar surface area (TPSA) is 47.3 Å². The normalized spacial score (nSPS) is 12.2. The zero-order valence-corrected chi connectivity index (χ0v) is 14.8. The molecule has 0 radical (unpaired) electrons. The van der Waals surface area contributed by atoms with Crippen molar-refractivity contribution < 1.29 is 4.74 Å². The quantitative estimate of drug-likeness (QED) is 0.417. The maximum Gasteiger partial charge on any atom is 0.124 e. The number of rotatable bonds is 5. The molecule has 0 spiro atoms. The Morgan fingerprint density at radius 3 is 2.55 bits per heavy atom. The molecule has 0 fully saturated rings. The lowest BCUT2D eigenvalue weighted by molar-refractivity contribution is 0.398. The molecular weight excluding hydrogens is 431 g/mol. The highest BCUT2D eigenvalue weighted by atomic mass is 127. The van der Waals surface area contributed by atoms with Crippen molar-refractivity contribution in [3.8, 4) is 5.75 Å². The first kappa shape index (κ1) is 15.8. The van der Waals surface area contributed by atoms with Gasteiger partial charge >= 0.3 is 0 Å². The number of hydrazine groups is 1. The van der Waals surface area contributed by atoms with Gasteiger partial charge in [0.2, 0.25) is 0 Å². The molecule has 3 N–H and O–H groups in total. The van der Waals surface area contributed by atoms with Crippen LogP contribution in [0.15, 0.2) is 46.9 Å². The summed E-state index contributed by atoms with van der Waals surface area (Å²) in [6.45, 7) is 0. The maximum atomic E-state index is 5.73. The van der Waals surface area contributed by atoms with Gasteiger partial charge in [0.1, 0.15) is 5.75 Å². The molecule has 0 aliphatic rings.